The molecular formula is C13H10BrClO2. The van der Waals surface area contributed by atoms with Gasteiger partial charge in [-0.3, -0.25) is 4.79 Å². The number of hydrogen-bond acceptors (Lipinski definition) is 2. The zero-order valence-electron chi connectivity index (χ0n) is 9.38. The van der Waals surface area contributed by atoms with Gasteiger partial charge in [-0.1, -0.05) is 11.6 Å². The van der Waals surface area contributed by atoms with E-state index < -0.39 is 0 Å². The lowest BCUT2D eigenvalue weighted by Crippen LogP contribution is -2.02. The molecule has 0 bridgehead atoms. The average Bonchev–Trinajstić information content (AvgIpc) is 2.57. The summed E-state index contributed by atoms with van der Waals surface area (Å²) in [6, 6.07) is 6.86. The quantitative estimate of drug-likeness (QED) is 0.762. The molecule has 1 aromatic heterocycles. The summed E-state index contributed by atoms with van der Waals surface area (Å²) in [4.78, 5) is 12.3. The van der Waals surface area contributed by atoms with Crippen LogP contribution >= 0.6 is 27.5 Å². The average molecular weight is 314 g/mol. The Morgan fingerprint density at radius 3 is 2.47 bits per heavy atom. The first-order chi connectivity index (χ1) is 7.99. The first kappa shape index (κ1) is 12.4. The largest absolute Gasteiger partial charge is 0.466 e. The molecule has 1 aromatic carbocycles. The molecule has 0 aliphatic carbocycles. The van der Waals surface area contributed by atoms with Crippen molar-refractivity contribution in [1.29, 1.82) is 0 Å². The van der Waals surface area contributed by atoms with Crippen molar-refractivity contribution in [3.05, 3.63) is 56.4 Å². The molecule has 0 spiro atoms. The van der Waals surface area contributed by atoms with E-state index in [1.807, 2.05) is 6.92 Å². The number of furan rings is 1. The van der Waals surface area contributed by atoms with Gasteiger partial charge in [0, 0.05) is 15.1 Å². The van der Waals surface area contributed by atoms with Crippen molar-refractivity contribution in [3.63, 3.8) is 0 Å². The maximum absolute atomic E-state index is 12.3. The minimum absolute atomic E-state index is 0.0668. The van der Waals surface area contributed by atoms with Crippen LogP contribution in [-0.4, -0.2) is 5.78 Å². The minimum atomic E-state index is -0.0668. The first-order valence-electron chi connectivity index (χ1n) is 5.06. The van der Waals surface area contributed by atoms with Crippen LogP contribution in [0.2, 0.25) is 5.02 Å². The smallest absolute Gasteiger partial charge is 0.197 e. The van der Waals surface area contributed by atoms with Crippen LogP contribution in [0.5, 0.6) is 0 Å². The van der Waals surface area contributed by atoms with Crippen LogP contribution in [0, 0.1) is 13.8 Å². The Morgan fingerprint density at radius 1 is 1.24 bits per heavy atom. The lowest BCUT2D eigenvalue weighted by molar-refractivity contribution is 0.103. The molecule has 0 fully saturated rings. The molecule has 1 heterocycles. The number of hydrogen-bond donors (Lipinski definition) is 0. The highest BCUT2D eigenvalue weighted by Gasteiger charge is 2.17. The standard InChI is InChI=1S/C13H10BrClO2/c1-7-5-11(8(2)17-7)13(16)10-4-3-9(15)6-12(10)14/h3-6H,1-2H3. The molecule has 2 nitrogen and oxygen atoms in total. The zero-order valence-corrected chi connectivity index (χ0v) is 11.7. The van der Waals surface area contributed by atoms with Crippen molar-refractivity contribution in [3.8, 4) is 0 Å². The van der Waals surface area contributed by atoms with Crippen LogP contribution < -0.4 is 0 Å². The summed E-state index contributed by atoms with van der Waals surface area (Å²) in [5.74, 6) is 1.30. The highest BCUT2D eigenvalue weighted by molar-refractivity contribution is 9.10. The summed E-state index contributed by atoms with van der Waals surface area (Å²) in [5, 5.41) is 0.591. The zero-order chi connectivity index (χ0) is 12.6. The molecule has 0 unspecified atom stereocenters. The fourth-order valence-corrected chi connectivity index (χ4v) is 2.54. The number of benzene rings is 1. The number of halogens is 2. The number of rotatable bonds is 2. The van der Waals surface area contributed by atoms with Crippen LogP contribution in [0.4, 0.5) is 0 Å². The van der Waals surface area contributed by atoms with Gasteiger partial charge in [0.2, 0.25) is 0 Å². The van der Waals surface area contributed by atoms with E-state index in [9.17, 15) is 4.79 Å². The third kappa shape index (κ3) is 2.45. The normalized spacial score (nSPS) is 10.6. The molecule has 4 heteroatoms. The van der Waals surface area contributed by atoms with E-state index in [-0.39, 0.29) is 5.78 Å². The van der Waals surface area contributed by atoms with Gasteiger partial charge >= 0.3 is 0 Å². The lowest BCUT2D eigenvalue weighted by atomic mass is 10.0. The van der Waals surface area contributed by atoms with E-state index in [1.54, 1.807) is 31.2 Å². The van der Waals surface area contributed by atoms with Crippen molar-refractivity contribution >= 4 is 33.3 Å². The van der Waals surface area contributed by atoms with Gasteiger partial charge in [0.25, 0.3) is 0 Å². The fourth-order valence-electron chi connectivity index (χ4n) is 1.67. The third-order valence-electron chi connectivity index (χ3n) is 2.46. The number of aryl methyl sites for hydroxylation is 2. The molecule has 17 heavy (non-hydrogen) atoms. The van der Waals surface area contributed by atoms with Gasteiger partial charge in [0.05, 0.1) is 5.56 Å². The van der Waals surface area contributed by atoms with Crippen molar-refractivity contribution < 1.29 is 9.21 Å². The Morgan fingerprint density at radius 2 is 1.94 bits per heavy atom. The Labute approximate surface area is 113 Å². The van der Waals surface area contributed by atoms with E-state index in [2.05, 4.69) is 15.9 Å². The Hall–Kier alpha value is -1.06. The molecule has 0 aliphatic rings. The van der Waals surface area contributed by atoms with Crippen LogP contribution in [-0.2, 0) is 0 Å². The molecule has 2 rings (SSSR count). The number of carbonyl (C=O) groups excluding carboxylic acids is 1. The fraction of sp³-hybridized carbons (Fsp3) is 0.154. The van der Waals surface area contributed by atoms with Gasteiger partial charge in [-0.2, -0.15) is 0 Å². The van der Waals surface area contributed by atoms with E-state index in [1.165, 1.54) is 0 Å². The summed E-state index contributed by atoms with van der Waals surface area (Å²) in [6.07, 6.45) is 0. The molecule has 0 N–H and O–H groups in total. The van der Waals surface area contributed by atoms with Gasteiger partial charge in [-0.25, -0.2) is 0 Å². The highest BCUT2D eigenvalue weighted by atomic mass is 79.9. The molecule has 0 radical (unpaired) electrons. The summed E-state index contributed by atoms with van der Waals surface area (Å²) in [7, 11) is 0. The summed E-state index contributed by atoms with van der Waals surface area (Å²) in [6.45, 7) is 3.60. The Bertz CT molecular complexity index is 587. The van der Waals surface area contributed by atoms with Gasteiger partial charge in [0.1, 0.15) is 11.5 Å². The van der Waals surface area contributed by atoms with Gasteiger partial charge in [0.15, 0.2) is 5.78 Å². The van der Waals surface area contributed by atoms with E-state index in [0.29, 0.717) is 26.4 Å². The molecule has 0 amide bonds. The predicted molar refractivity (Wildman–Crippen MR) is 70.8 cm³/mol. The highest BCUT2D eigenvalue weighted by Crippen LogP contribution is 2.26. The molecule has 88 valence electrons. The van der Waals surface area contributed by atoms with Crippen LogP contribution in [0.15, 0.2) is 33.2 Å². The number of carbonyl (C=O) groups is 1. The maximum atomic E-state index is 12.3. The Balaban J connectivity index is 2.47. The van der Waals surface area contributed by atoms with Crippen molar-refractivity contribution in [2.45, 2.75) is 13.8 Å². The molecular weight excluding hydrogens is 303 g/mol. The van der Waals surface area contributed by atoms with E-state index >= 15 is 0 Å². The van der Waals surface area contributed by atoms with Crippen LogP contribution in [0.25, 0.3) is 0 Å². The lowest BCUT2D eigenvalue weighted by Gasteiger charge is -2.03. The molecule has 0 saturated carbocycles. The molecule has 0 atom stereocenters. The van der Waals surface area contributed by atoms with E-state index in [4.69, 9.17) is 16.0 Å². The summed E-state index contributed by atoms with van der Waals surface area (Å²) in [5.41, 5.74) is 1.17. The first-order valence-corrected chi connectivity index (χ1v) is 6.23. The molecule has 0 aliphatic heterocycles. The summed E-state index contributed by atoms with van der Waals surface area (Å²) < 4.78 is 6.05. The molecule has 2 aromatic rings. The van der Waals surface area contributed by atoms with Crippen LogP contribution in [0.1, 0.15) is 27.4 Å². The number of ketones is 1. The third-order valence-corrected chi connectivity index (χ3v) is 3.35. The van der Waals surface area contributed by atoms with Crippen molar-refractivity contribution in [2.75, 3.05) is 0 Å². The predicted octanol–water partition coefficient (Wildman–Crippen LogP) is 4.54. The monoisotopic (exact) mass is 312 g/mol. The minimum Gasteiger partial charge on any atom is -0.466 e. The van der Waals surface area contributed by atoms with Crippen LogP contribution in [0.3, 0.4) is 0 Å². The maximum Gasteiger partial charge on any atom is 0.197 e. The second-order valence-corrected chi connectivity index (χ2v) is 5.07. The summed E-state index contributed by atoms with van der Waals surface area (Å²) >= 11 is 9.18. The van der Waals surface area contributed by atoms with E-state index in [0.717, 1.165) is 5.76 Å². The van der Waals surface area contributed by atoms with Gasteiger partial charge in [-0.05, 0) is 54.0 Å². The van der Waals surface area contributed by atoms with Gasteiger partial charge in [-0.15, -0.1) is 0 Å². The Kier molecular flexibility index (Phi) is 3.40. The topological polar surface area (TPSA) is 30.2 Å². The molecule has 0 saturated heterocycles. The second-order valence-electron chi connectivity index (χ2n) is 3.78. The SMILES string of the molecule is Cc1cc(C(=O)c2ccc(Cl)cc2Br)c(C)o1. The second kappa shape index (κ2) is 4.67. The van der Waals surface area contributed by atoms with Gasteiger partial charge < -0.3 is 4.42 Å². The van der Waals surface area contributed by atoms with Crippen molar-refractivity contribution in [2.24, 2.45) is 0 Å². The van der Waals surface area contributed by atoms with Crippen molar-refractivity contribution in [1.82, 2.24) is 0 Å².